The Kier molecular flexibility index (Phi) is 5.86. The molecule has 0 aliphatic carbocycles. The highest BCUT2D eigenvalue weighted by Crippen LogP contribution is 2.10. The van der Waals surface area contributed by atoms with E-state index in [1.807, 2.05) is 24.3 Å². The lowest BCUT2D eigenvalue weighted by molar-refractivity contribution is 0.389. The average Bonchev–Trinajstić information content (AvgIpc) is 2.35. The molecule has 2 nitrogen and oxygen atoms in total. The van der Waals surface area contributed by atoms with Crippen LogP contribution in [0, 0.1) is 5.92 Å². The molecule has 0 amide bonds. The van der Waals surface area contributed by atoms with E-state index < -0.39 is 10.8 Å². The van der Waals surface area contributed by atoms with Crippen LogP contribution in [0.15, 0.2) is 29.2 Å². The van der Waals surface area contributed by atoms with Crippen molar-refractivity contribution in [2.24, 2.45) is 5.92 Å². The van der Waals surface area contributed by atoms with Gasteiger partial charge in [0, 0.05) is 34.5 Å². The zero-order valence-electron chi connectivity index (χ0n) is 11.2. The monoisotopic (exact) mass is 253 g/mol. The van der Waals surface area contributed by atoms with Gasteiger partial charge in [0.1, 0.15) is 0 Å². The molecule has 3 heteroatoms. The highest BCUT2D eigenvalue weighted by Gasteiger charge is 2.08. The molecule has 0 aliphatic heterocycles. The first-order valence-corrected chi connectivity index (χ1v) is 7.76. The maximum absolute atomic E-state index is 11.2. The van der Waals surface area contributed by atoms with Crippen molar-refractivity contribution in [2.45, 2.75) is 44.7 Å². The number of benzene rings is 1. The summed E-state index contributed by atoms with van der Waals surface area (Å²) in [6.45, 7) is 7.58. The second-order valence-electron chi connectivity index (χ2n) is 4.65. The van der Waals surface area contributed by atoms with Gasteiger partial charge in [-0.2, -0.15) is 0 Å². The number of rotatable bonds is 6. The highest BCUT2D eigenvalue weighted by molar-refractivity contribution is 7.84. The average molecular weight is 253 g/mol. The lowest BCUT2D eigenvalue weighted by Gasteiger charge is -2.19. The molecular formula is C14H23NOS. The lowest BCUT2D eigenvalue weighted by atomic mass is 10.0. The summed E-state index contributed by atoms with van der Waals surface area (Å²) in [5.74, 6) is 0.692. The first-order valence-electron chi connectivity index (χ1n) is 6.20. The molecule has 0 radical (unpaired) electrons. The number of nitrogens with one attached hydrogen (secondary N) is 1. The predicted molar refractivity (Wildman–Crippen MR) is 74.5 cm³/mol. The zero-order chi connectivity index (χ0) is 12.8. The zero-order valence-corrected chi connectivity index (χ0v) is 12.0. The number of hydrogen-bond acceptors (Lipinski definition) is 2. The molecule has 0 heterocycles. The fourth-order valence-corrected chi connectivity index (χ4v) is 2.15. The summed E-state index contributed by atoms with van der Waals surface area (Å²) >= 11 is 0. The van der Waals surface area contributed by atoms with Crippen molar-refractivity contribution in [2.75, 3.05) is 6.26 Å². The smallest absolute Gasteiger partial charge is 0.0498 e. The second kappa shape index (κ2) is 6.92. The molecule has 0 fully saturated rings. The van der Waals surface area contributed by atoms with E-state index in [-0.39, 0.29) is 0 Å². The maximum Gasteiger partial charge on any atom is 0.0498 e. The summed E-state index contributed by atoms with van der Waals surface area (Å²) in [5, 5.41) is 3.52. The van der Waals surface area contributed by atoms with Gasteiger partial charge in [-0.05, 0) is 30.5 Å². The van der Waals surface area contributed by atoms with Crippen molar-refractivity contribution >= 4 is 10.8 Å². The van der Waals surface area contributed by atoms with Crippen molar-refractivity contribution in [3.63, 3.8) is 0 Å². The van der Waals surface area contributed by atoms with E-state index in [1.165, 1.54) is 12.0 Å². The number of hydrogen-bond donors (Lipinski definition) is 1. The van der Waals surface area contributed by atoms with Crippen molar-refractivity contribution in [3.05, 3.63) is 29.8 Å². The van der Waals surface area contributed by atoms with Crippen LogP contribution in [0.1, 0.15) is 32.8 Å². The molecule has 0 aliphatic rings. The highest BCUT2D eigenvalue weighted by atomic mass is 32.2. The Hall–Kier alpha value is -0.670. The first-order chi connectivity index (χ1) is 8.04. The molecule has 1 aromatic carbocycles. The quantitative estimate of drug-likeness (QED) is 0.844. The molecule has 0 aromatic heterocycles. The molecule has 0 unspecified atom stereocenters. The molecule has 0 bridgehead atoms. The van der Waals surface area contributed by atoms with Crippen LogP contribution in [-0.2, 0) is 17.3 Å². The molecule has 3 atom stereocenters. The van der Waals surface area contributed by atoms with Crippen LogP contribution >= 0.6 is 0 Å². The summed E-state index contributed by atoms with van der Waals surface area (Å²) in [7, 11) is -0.879. The summed E-state index contributed by atoms with van der Waals surface area (Å²) in [6.07, 6.45) is 2.90. The largest absolute Gasteiger partial charge is 0.310 e. The van der Waals surface area contributed by atoms with E-state index in [0.29, 0.717) is 12.0 Å². The van der Waals surface area contributed by atoms with Gasteiger partial charge in [-0.3, -0.25) is 4.21 Å². The standard InChI is InChI=1S/C14H23NOS/c1-5-11(2)12(3)15-10-13-6-8-14(9-7-13)17(4)16/h6-9,11-12,15H,5,10H2,1-4H3/t11-,12-,17-/m0/s1. The van der Waals surface area contributed by atoms with Gasteiger partial charge >= 0.3 is 0 Å². The normalized spacial score (nSPS) is 16.5. The molecule has 17 heavy (non-hydrogen) atoms. The molecular weight excluding hydrogens is 230 g/mol. The summed E-state index contributed by atoms with van der Waals surface area (Å²) in [4.78, 5) is 0.892. The van der Waals surface area contributed by atoms with Gasteiger partial charge < -0.3 is 5.32 Å². The summed E-state index contributed by atoms with van der Waals surface area (Å²) < 4.78 is 11.2. The topological polar surface area (TPSA) is 29.1 Å². The third-order valence-corrected chi connectivity index (χ3v) is 4.32. The first kappa shape index (κ1) is 14.4. The Bertz CT molecular complexity index is 361. The minimum Gasteiger partial charge on any atom is -0.310 e. The van der Waals surface area contributed by atoms with Crippen LogP contribution in [0.2, 0.25) is 0 Å². The third kappa shape index (κ3) is 4.60. The van der Waals surface area contributed by atoms with E-state index in [2.05, 4.69) is 26.1 Å². The maximum atomic E-state index is 11.2. The van der Waals surface area contributed by atoms with Crippen LogP contribution < -0.4 is 5.32 Å². The second-order valence-corrected chi connectivity index (χ2v) is 6.03. The van der Waals surface area contributed by atoms with Gasteiger partial charge in [-0.15, -0.1) is 0 Å². The molecule has 0 saturated carbocycles. The molecule has 96 valence electrons. The van der Waals surface area contributed by atoms with Crippen molar-refractivity contribution in [1.82, 2.24) is 5.32 Å². The summed E-state index contributed by atoms with van der Waals surface area (Å²) in [5.41, 5.74) is 1.24. The van der Waals surface area contributed by atoms with Gasteiger partial charge in [0.05, 0.1) is 0 Å². The third-order valence-electron chi connectivity index (χ3n) is 3.38. The van der Waals surface area contributed by atoms with Gasteiger partial charge in [-0.1, -0.05) is 32.4 Å². The Balaban J connectivity index is 2.50. The van der Waals surface area contributed by atoms with Crippen LogP contribution in [0.3, 0.4) is 0 Å². The Morgan fingerprint density at radius 1 is 1.24 bits per heavy atom. The molecule has 0 spiro atoms. The van der Waals surface area contributed by atoms with Gasteiger partial charge in [0.25, 0.3) is 0 Å². The van der Waals surface area contributed by atoms with Gasteiger partial charge in [-0.25, -0.2) is 0 Å². The van der Waals surface area contributed by atoms with E-state index in [4.69, 9.17) is 0 Å². The molecule has 1 rings (SSSR count). The van der Waals surface area contributed by atoms with Crippen molar-refractivity contribution < 1.29 is 4.21 Å². The van der Waals surface area contributed by atoms with E-state index in [1.54, 1.807) is 6.26 Å². The Morgan fingerprint density at radius 2 is 1.82 bits per heavy atom. The Labute approximate surface area is 107 Å². The van der Waals surface area contributed by atoms with Crippen LogP contribution in [0.4, 0.5) is 0 Å². The van der Waals surface area contributed by atoms with Crippen molar-refractivity contribution in [1.29, 1.82) is 0 Å². The van der Waals surface area contributed by atoms with Crippen LogP contribution in [0.25, 0.3) is 0 Å². The molecule has 1 aromatic rings. The van der Waals surface area contributed by atoms with Crippen LogP contribution in [-0.4, -0.2) is 16.5 Å². The SMILES string of the molecule is CC[C@H](C)[C@H](C)NCc1ccc([S@](C)=O)cc1. The fraction of sp³-hybridized carbons (Fsp3) is 0.571. The van der Waals surface area contributed by atoms with E-state index >= 15 is 0 Å². The van der Waals surface area contributed by atoms with Crippen LogP contribution in [0.5, 0.6) is 0 Å². The van der Waals surface area contributed by atoms with E-state index in [9.17, 15) is 4.21 Å². The fourth-order valence-electron chi connectivity index (χ4n) is 1.63. The minimum absolute atomic E-state index is 0.528. The predicted octanol–water partition coefficient (Wildman–Crippen LogP) is 2.95. The lowest BCUT2D eigenvalue weighted by Crippen LogP contribution is -2.31. The Morgan fingerprint density at radius 3 is 2.29 bits per heavy atom. The summed E-state index contributed by atoms with van der Waals surface area (Å²) in [6, 6.07) is 8.52. The molecule has 1 N–H and O–H groups in total. The van der Waals surface area contributed by atoms with E-state index in [0.717, 1.165) is 11.4 Å². The minimum atomic E-state index is -0.879. The van der Waals surface area contributed by atoms with Gasteiger partial charge in [0.2, 0.25) is 0 Å². The van der Waals surface area contributed by atoms with Gasteiger partial charge in [0.15, 0.2) is 0 Å². The molecule has 0 saturated heterocycles. The van der Waals surface area contributed by atoms with Crippen molar-refractivity contribution in [3.8, 4) is 0 Å².